The van der Waals surface area contributed by atoms with Gasteiger partial charge in [0.15, 0.2) is 6.61 Å². The lowest BCUT2D eigenvalue weighted by molar-refractivity contribution is -0.123. The van der Waals surface area contributed by atoms with Gasteiger partial charge in [0.25, 0.3) is 5.91 Å². The van der Waals surface area contributed by atoms with E-state index >= 15 is 0 Å². The van der Waals surface area contributed by atoms with Gasteiger partial charge in [-0.3, -0.25) is 4.79 Å². The van der Waals surface area contributed by atoms with Gasteiger partial charge in [-0.05, 0) is 31.2 Å². The van der Waals surface area contributed by atoms with Gasteiger partial charge in [-0.2, -0.15) is 0 Å². The second-order valence-electron chi connectivity index (χ2n) is 5.18. The average molecular weight is 330 g/mol. The molecule has 4 nitrogen and oxygen atoms in total. The first-order valence-corrected chi connectivity index (χ1v) is 7.66. The van der Waals surface area contributed by atoms with Crippen molar-refractivity contribution in [3.05, 3.63) is 65.6 Å². The zero-order valence-corrected chi connectivity index (χ0v) is 13.3. The fraction of sp³-hybridized carbons (Fsp3) is 0.167. The van der Waals surface area contributed by atoms with Crippen molar-refractivity contribution in [2.45, 2.75) is 13.0 Å². The van der Waals surface area contributed by atoms with Crippen molar-refractivity contribution in [3.8, 4) is 5.75 Å². The highest BCUT2D eigenvalue weighted by Gasteiger charge is 2.13. The molecule has 1 N–H and O–H groups in total. The number of halogens is 1. The zero-order chi connectivity index (χ0) is 16.2. The van der Waals surface area contributed by atoms with Crippen LogP contribution in [0.5, 0.6) is 5.75 Å². The molecule has 2 aromatic carbocycles. The Morgan fingerprint density at radius 2 is 1.96 bits per heavy atom. The molecule has 0 fully saturated rings. The number of benzene rings is 2. The number of furan rings is 1. The minimum atomic E-state index is -0.215. The van der Waals surface area contributed by atoms with Gasteiger partial charge in [0.05, 0.1) is 12.3 Å². The molecule has 0 saturated heterocycles. The number of rotatable bonds is 5. The van der Waals surface area contributed by atoms with E-state index in [-0.39, 0.29) is 18.6 Å². The van der Waals surface area contributed by atoms with Crippen LogP contribution in [0.15, 0.2) is 59.2 Å². The average Bonchev–Trinajstić information content (AvgIpc) is 3.09. The fourth-order valence-electron chi connectivity index (χ4n) is 2.40. The SMILES string of the molecule is CC(NC(=O)COc1ccc(Cl)c2ccccc12)c1ccco1. The molecule has 1 atom stereocenters. The van der Waals surface area contributed by atoms with Gasteiger partial charge in [-0.1, -0.05) is 35.9 Å². The summed E-state index contributed by atoms with van der Waals surface area (Å²) >= 11 is 6.17. The van der Waals surface area contributed by atoms with Crippen LogP contribution < -0.4 is 10.1 Å². The van der Waals surface area contributed by atoms with Crippen molar-refractivity contribution in [2.24, 2.45) is 0 Å². The van der Waals surface area contributed by atoms with Crippen molar-refractivity contribution in [3.63, 3.8) is 0 Å². The molecule has 118 valence electrons. The summed E-state index contributed by atoms with van der Waals surface area (Å²) < 4.78 is 10.9. The molecule has 3 rings (SSSR count). The minimum Gasteiger partial charge on any atom is -0.483 e. The van der Waals surface area contributed by atoms with Gasteiger partial charge >= 0.3 is 0 Å². The van der Waals surface area contributed by atoms with Crippen LogP contribution in [-0.2, 0) is 4.79 Å². The third-order valence-electron chi connectivity index (χ3n) is 3.54. The van der Waals surface area contributed by atoms with E-state index in [0.29, 0.717) is 16.5 Å². The smallest absolute Gasteiger partial charge is 0.258 e. The second kappa shape index (κ2) is 6.75. The molecule has 1 heterocycles. The van der Waals surface area contributed by atoms with E-state index in [4.69, 9.17) is 20.8 Å². The Morgan fingerprint density at radius 1 is 1.17 bits per heavy atom. The molecule has 1 amide bonds. The summed E-state index contributed by atoms with van der Waals surface area (Å²) in [6.07, 6.45) is 1.58. The Bertz CT molecular complexity index is 814. The van der Waals surface area contributed by atoms with Crippen LogP contribution in [0.4, 0.5) is 0 Å². The molecular weight excluding hydrogens is 314 g/mol. The Hall–Kier alpha value is -2.46. The number of fused-ring (bicyclic) bond motifs is 1. The van der Waals surface area contributed by atoms with Crippen molar-refractivity contribution >= 4 is 28.3 Å². The van der Waals surface area contributed by atoms with Gasteiger partial charge in [0.1, 0.15) is 11.5 Å². The van der Waals surface area contributed by atoms with Gasteiger partial charge < -0.3 is 14.5 Å². The van der Waals surface area contributed by atoms with Crippen molar-refractivity contribution < 1.29 is 13.9 Å². The normalized spacial score (nSPS) is 12.1. The number of hydrogen-bond donors (Lipinski definition) is 1. The Balaban J connectivity index is 1.67. The zero-order valence-electron chi connectivity index (χ0n) is 12.6. The summed E-state index contributed by atoms with van der Waals surface area (Å²) in [5, 5.41) is 5.27. The summed E-state index contributed by atoms with van der Waals surface area (Å²) in [6.45, 7) is 1.78. The molecule has 0 aliphatic rings. The third-order valence-corrected chi connectivity index (χ3v) is 3.87. The van der Waals surface area contributed by atoms with Gasteiger partial charge in [0, 0.05) is 15.8 Å². The first kappa shape index (κ1) is 15.4. The van der Waals surface area contributed by atoms with Gasteiger partial charge in [-0.15, -0.1) is 0 Å². The van der Waals surface area contributed by atoms with E-state index in [2.05, 4.69) is 5.32 Å². The lowest BCUT2D eigenvalue weighted by Gasteiger charge is -2.13. The lowest BCUT2D eigenvalue weighted by Crippen LogP contribution is -2.31. The Labute approximate surface area is 139 Å². The molecule has 3 aromatic rings. The summed E-state index contributed by atoms with van der Waals surface area (Å²) in [4.78, 5) is 12.0. The molecule has 0 radical (unpaired) electrons. The standard InChI is InChI=1S/C18H16ClNO3/c1-12(16-7-4-10-22-16)20-18(21)11-23-17-9-8-15(19)13-5-2-3-6-14(13)17/h2-10,12H,11H2,1H3,(H,20,21). The molecule has 0 aliphatic heterocycles. The van der Waals surface area contributed by atoms with Crippen LogP contribution in [0.3, 0.4) is 0 Å². The van der Waals surface area contributed by atoms with Crippen LogP contribution in [-0.4, -0.2) is 12.5 Å². The van der Waals surface area contributed by atoms with E-state index in [1.54, 1.807) is 24.5 Å². The topological polar surface area (TPSA) is 51.5 Å². The summed E-state index contributed by atoms with van der Waals surface area (Å²) in [7, 11) is 0. The predicted molar refractivity (Wildman–Crippen MR) is 89.7 cm³/mol. The van der Waals surface area contributed by atoms with E-state index in [1.165, 1.54) is 0 Å². The fourth-order valence-corrected chi connectivity index (χ4v) is 2.62. The van der Waals surface area contributed by atoms with Gasteiger partial charge in [0.2, 0.25) is 0 Å². The molecule has 23 heavy (non-hydrogen) atoms. The van der Waals surface area contributed by atoms with Crippen LogP contribution in [0, 0.1) is 0 Å². The lowest BCUT2D eigenvalue weighted by atomic mass is 10.1. The third kappa shape index (κ3) is 3.48. The van der Waals surface area contributed by atoms with E-state index in [9.17, 15) is 4.79 Å². The number of carbonyl (C=O) groups excluding carboxylic acids is 1. The predicted octanol–water partition coefficient (Wildman–Crippen LogP) is 4.34. The maximum Gasteiger partial charge on any atom is 0.258 e. The Kier molecular flexibility index (Phi) is 4.53. The maximum atomic E-state index is 12.0. The van der Waals surface area contributed by atoms with Crippen LogP contribution in [0.2, 0.25) is 5.02 Å². The molecule has 0 aliphatic carbocycles. The monoisotopic (exact) mass is 329 g/mol. The van der Waals surface area contributed by atoms with Crippen molar-refractivity contribution in [1.82, 2.24) is 5.32 Å². The minimum absolute atomic E-state index is 0.0727. The largest absolute Gasteiger partial charge is 0.483 e. The van der Waals surface area contributed by atoms with E-state index in [0.717, 1.165) is 10.8 Å². The number of ether oxygens (including phenoxy) is 1. The summed E-state index contributed by atoms with van der Waals surface area (Å²) in [5.74, 6) is 1.12. The first-order valence-electron chi connectivity index (χ1n) is 7.28. The van der Waals surface area contributed by atoms with Crippen LogP contribution in [0.1, 0.15) is 18.7 Å². The number of amides is 1. The quantitative estimate of drug-likeness (QED) is 0.757. The van der Waals surface area contributed by atoms with E-state index < -0.39 is 0 Å². The van der Waals surface area contributed by atoms with Crippen LogP contribution >= 0.6 is 11.6 Å². The van der Waals surface area contributed by atoms with Crippen molar-refractivity contribution in [2.75, 3.05) is 6.61 Å². The molecular formula is C18H16ClNO3. The van der Waals surface area contributed by atoms with Gasteiger partial charge in [-0.25, -0.2) is 0 Å². The highest BCUT2D eigenvalue weighted by molar-refractivity contribution is 6.35. The molecule has 0 spiro atoms. The number of carbonyl (C=O) groups is 1. The highest BCUT2D eigenvalue weighted by atomic mass is 35.5. The van der Waals surface area contributed by atoms with Crippen LogP contribution in [0.25, 0.3) is 10.8 Å². The Morgan fingerprint density at radius 3 is 2.70 bits per heavy atom. The van der Waals surface area contributed by atoms with E-state index in [1.807, 2.05) is 37.3 Å². The molecule has 0 bridgehead atoms. The number of nitrogens with one attached hydrogen (secondary N) is 1. The second-order valence-corrected chi connectivity index (χ2v) is 5.59. The molecule has 5 heteroatoms. The summed E-state index contributed by atoms with van der Waals surface area (Å²) in [6, 6.07) is 14.6. The van der Waals surface area contributed by atoms with Crippen molar-refractivity contribution in [1.29, 1.82) is 0 Å². The highest BCUT2D eigenvalue weighted by Crippen LogP contribution is 2.31. The maximum absolute atomic E-state index is 12.0. The molecule has 1 aromatic heterocycles. The first-order chi connectivity index (χ1) is 11.1. The summed E-state index contributed by atoms with van der Waals surface area (Å²) in [5.41, 5.74) is 0. The molecule has 1 unspecified atom stereocenters. The number of hydrogen-bond acceptors (Lipinski definition) is 3. The molecule has 0 saturated carbocycles.